The molecular weight excluding hydrogens is 488 g/mol. The standard InChI is InChI=1S/C29H34N2O7/c1-4-36-28(34)21-12-9-15-30(17-21)27(33)24-14-13-22(38-24)18-31-19(3)26(29(35)37-5-2)23(16-25(31)32)20-10-7-6-8-11-20/h6-8,10-11,13-14,21,23H,4-5,9,12,15-18H2,1-3H3. The molecule has 2 unspecified atom stereocenters. The minimum absolute atomic E-state index is 0.0772. The number of hydrogen-bond donors (Lipinski definition) is 0. The van der Waals surface area contributed by atoms with Crippen LogP contribution in [0.4, 0.5) is 0 Å². The smallest absolute Gasteiger partial charge is 0.336 e. The fraction of sp³-hybridized carbons (Fsp3) is 0.448. The molecule has 3 heterocycles. The van der Waals surface area contributed by atoms with Crippen molar-refractivity contribution < 1.29 is 33.1 Å². The molecule has 1 aromatic heterocycles. The van der Waals surface area contributed by atoms with E-state index in [0.29, 0.717) is 43.0 Å². The normalized spacial score (nSPS) is 19.9. The highest BCUT2D eigenvalue weighted by atomic mass is 16.5. The molecule has 38 heavy (non-hydrogen) atoms. The molecule has 2 atom stereocenters. The van der Waals surface area contributed by atoms with Gasteiger partial charge in [0.25, 0.3) is 5.91 Å². The van der Waals surface area contributed by atoms with Gasteiger partial charge in [0.15, 0.2) is 5.76 Å². The van der Waals surface area contributed by atoms with E-state index >= 15 is 0 Å². The van der Waals surface area contributed by atoms with Gasteiger partial charge in [-0.05, 0) is 51.3 Å². The maximum absolute atomic E-state index is 13.2. The van der Waals surface area contributed by atoms with Gasteiger partial charge in [-0.3, -0.25) is 14.4 Å². The number of esters is 2. The zero-order chi connectivity index (χ0) is 27.2. The third-order valence-electron chi connectivity index (χ3n) is 7.04. The number of rotatable bonds is 8. The Morgan fingerprint density at radius 1 is 1.03 bits per heavy atom. The SMILES string of the molecule is CCOC(=O)C1=C(C)N(Cc2ccc(C(=O)N3CCCC(C(=O)OCC)C3)o2)C(=O)CC1c1ccccc1. The van der Waals surface area contributed by atoms with Gasteiger partial charge in [-0.25, -0.2) is 4.79 Å². The fourth-order valence-corrected chi connectivity index (χ4v) is 5.15. The lowest BCUT2D eigenvalue weighted by Crippen LogP contribution is -2.42. The second-order valence-electron chi connectivity index (χ2n) is 9.48. The highest BCUT2D eigenvalue weighted by Crippen LogP contribution is 2.37. The zero-order valence-electron chi connectivity index (χ0n) is 22.1. The molecular formula is C29H34N2O7. The minimum Gasteiger partial charge on any atom is -0.466 e. The van der Waals surface area contributed by atoms with Crippen molar-refractivity contribution in [2.75, 3.05) is 26.3 Å². The highest BCUT2D eigenvalue weighted by Gasteiger charge is 2.37. The number of hydrogen-bond acceptors (Lipinski definition) is 7. The van der Waals surface area contributed by atoms with Crippen molar-refractivity contribution in [2.45, 2.75) is 52.5 Å². The minimum atomic E-state index is -0.451. The third-order valence-corrected chi connectivity index (χ3v) is 7.04. The summed E-state index contributed by atoms with van der Waals surface area (Å²) in [6.45, 7) is 6.65. The molecule has 2 aliphatic heterocycles. The number of allylic oxidation sites excluding steroid dienone is 1. The Morgan fingerprint density at radius 3 is 2.47 bits per heavy atom. The second-order valence-corrected chi connectivity index (χ2v) is 9.48. The summed E-state index contributed by atoms with van der Waals surface area (Å²) in [5, 5.41) is 0. The van der Waals surface area contributed by atoms with Crippen LogP contribution in [0, 0.1) is 5.92 Å². The average Bonchev–Trinajstić information content (AvgIpc) is 3.39. The molecule has 202 valence electrons. The molecule has 1 saturated heterocycles. The van der Waals surface area contributed by atoms with Gasteiger partial charge in [-0.2, -0.15) is 0 Å². The number of piperidine rings is 1. The highest BCUT2D eigenvalue weighted by molar-refractivity contribution is 5.96. The first kappa shape index (κ1) is 27.2. The lowest BCUT2D eigenvalue weighted by Gasteiger charge is -2.34. The van der Waals surface area contributed by atoms with Crippen LogP contribution in [-0.4, -0.2) is 59.9 Å². The molecule has 2 amide bonds. The number of amides is 2. The molecule has 0 N–H and O–H groups in total. The Bertz CT molecular complexity index is 1220. The van der Waals surface area contributed by atoms with Crippen molar-refractivity contribution in [1.29, 1.82) is 0 Å². The van der Waals surface area contributed by atoms with Crippen LogP contribution in [0.25, 0.3) is 0 Å². The Balaban J connectivity index is 1.53. The number of nitrogens with zero attached hydrogens (tertiary/aromatic N) is 2. The van der Waals surface area contributed by atoms with Crippen molar-refractivity contribution in [3.05, 3.63) is 70.8 Å². The number of likely N-dealkylation sites (tertiary alicyclic amines) is 1. The van der Waals surface area contributed by atoms with E-state index in [1.165, 1.54) is 4.90 Å². The van der Waals surface area contributed by atoms with Gasteiger partial charge in [0, 0.05) is 31.1 Å². The summed E-state index contributed by atoms with van der Waals surface area (Å²) >= 11 is 0. The lowest BCUT2D eigenvalue weighted by molar-refractivity contribution is -0.149. The quantitative estimate of drug-likeness (QED) is 0.482. The summed E-state index contributed by atoms with van der Waals surface area (Å²) in [5.74, 6) is -1.39. The van der Waals surface area contributed by atoms with Crippen molar-refractivity contribution >= 4 is 23.8 Å². The topological polar surface area (TPSA) is 106 Å². The molecule has 0 radical (unpaired) electrons. The molecule has 2 aromatic rings. The molecule has 2 aliphatic rings. The molecule has 0 bridgehead atoms. The molecule has 1 fully saturated rings. The summed E-state index contributed by atoms with van der Waals surface area (Å²) in [6.07, 6.45) is 1.50. The molecule has 9 heteroatoms. The molecule has 0 saturated carbocycles. The maximum atomic E-state index is 13.2. The van der Waals surface area contributed by atoms with Crippen LogP contribution in [0.5, 0.6) is 0 Å². The summed E-state index contributed by atoms with van der Waals surface area (Å²) in [6, 6.07) is 12.7. The predicted molar refractivity (Wildman–Crippen MR) is 138 cm³/mol. The van der Waals surface area contributed by atoms with E-state index in [1.807, 2.05) is 30.3 Å². The van der Waals surface area contributed by atoms with Gasteiger partial charge in [0.2, 0.25) is 5.91 Å². The Hall–Kier alpha value is -3.88. The monoisotopic (exact) mass is 522 g/mol. The number of carbonyl (C=O) groups is 4. The van der Waals surface area contributed by atoms with E-state index in [1.54, 1.807) is 37.8 Å². The average molecular weight is 523 g/mol. The number of carbonyl (C=O) groups excluding carboxylic acids is 4. The third kappa shape index (κ3) is 5.82. The van der Waals surface area contributed by atoms with Gasteiger partial charge < -0.3 is 23.7 Å². The van der Waals surface area contributed by atoms with E-state index in [9.17, 15) is 19.2 Å². The van der Waals surface area contributed by atoms with Gasteiger partial charge in [-0.15, -0.1) is 0 Å². The largest absolute Gasteiger partial charge is 0.466 e. The number of furan rings is 1. The van der Waals surface area contributed by atoms with Gasteiger partial charge in [-0.1, -0.05) is 30.3 Å². The zero-order valence-corrected chi connectivity index (χ0v) is 22.1. The van der Waals surface area contributed by atoms with Crippen LogP contribution >= 0.6 is 0 Å². The molecule has 4 rings (SSSR count). The number of ether oxygens (including phenoxy) is 2. The van der Waals surface area contributed by atoms with Crippen molar-refractivity contribution in [3.8, 4) is 0 Å². The predicted octanol–water partition coefficient (Wildman–Crippen LogP) is 4.05. The van der Waals surface area contributed by atoms with Crippen LogP contribution in [-0.2, 0) is 30.4 Å². The first-order chi connectivity index (χ1) is 18.3. The van der Waals surface area contributed by atoms with Crippen LogP contribution in [0.15, 0.2) is 58.2 Å². The summed E-state index contributed by atoms with van der Waals surface area (Å²) in [5.41, 5.74) is 1.82. The van der Waals surface area contributed by atoms with Gasteiger partial charge in [0.05, 0.1) is 31.2 Å². The number of benzene rings is 1. The second kappa shape index (κ2) is 12.1. The van der Waals surface area contributed by atoms with Crippen molar-refractivity contribution in [3.63, 3.8) is 0 Å². The summed E-state index contributed by atoms with van der Waals surface area (Å²) in [7, 11) is 0. The van der Waals surface area contributed by atoms with Crippen LogP contribution in [0.1, 0.15) is 67.8 Å². The van der Waals surface area contributed by atoms with Crippen molar-refractivity contribution in [2.24, 2.45) is 5.92 Å². The van der Waals surface area contributed by atoms with Crippen LogP contribution in [0.2, 0.25) is 0 Å². The summed E-state index contributed by atoms with van der Waals surface area (Å²) < 4.78 is 16.3. The molecule has 0 aliphatic carbocycles. The molecule has 1 aromatic carbocycles. The Labute approximate surface area is 222 Å². The van der Waals surface area contributed by atoms with E-state index in [0.717, 1.165) is 5.56 Å². The van der Waals surface area contributed by atoms with E-state index in [-0.39, 0.29) is 55.6 Å². The summed E-state index contributed by atoms with van der Waals surface area (Å²) in [4.78, 5) is 54.6. The first-order valence-electron chi connectivity index (χ1n) is 13.1. The molecule has 9 nitrogen and oxygen atoms in total. The Morgan fingerprint density at radius 2 is 1.76 bits per heavy atom. The van der Waals surface area contributed by atoms with E-state index in [2.05, 4.69) is 0 Å². The first-order valence-corrected chi connectivity index (χ1v) is 13.1. The van der Waals surface area contributed by atoms with E-state index < -0.39 is 11.9 Å². The lowest BCUT2D eigenvalue weighted by atomic mass is 9.83. The van der Waals surface area contributed by atoms with Crippen LogP contribution < -0.4 is 0 Å². The van der Waals surface area contributed by atoms with Crippen molar-refractivity contribution in [1.82, 2.24) is 9.80 Å². The Kier molecular flexibility index (Phi) is 8.66. The fourth-order valence-electron chi connectivity index (χ4n) is 5.15. The van der Waals surface area contributed by atoms with E-state index in [4.69, 9.17) is 13.9 Å². The van der Waals surface area contributed by atoms with Gasteiger partial charge >= 0.3 is 11.9 Å². The van der Waals surface area contributed by atoms with Crippen LogP contribution in [0.3, 0.4) is 0 Å². The maximum Gasteiger partial charge on any atom is 0.336 e. The molecule has 0 spiro atoms. The van der Waals surface area contributed by atoms with Gasteiger partial charge in [0.1, 0.15) is 5.76 Å².